The second-order valence-electron chi connectivity index (χ2n) is 6.90. The van der Waals surface area contributed by atoms with Crippen LogP contribution in [0, 0.1) is 0 Å². The van der Waals surface area contributed by atoms with E-state index in [-0.39, 0.29) is 41.6 Å². The molecule has 0 aliphatic carbocycles. The molecule has 2 aromatic carbocycles. The molecule has 0 saturated heterocycles. The van der Waals surface area contributed by atoms with Gasteiger partial charge < -0.3 is 16.0 Å². The Kier molecular flexibility index (Phi) is 9.09. The molecule has 0 saturated carbocycles. The number of nitrogens with one attached hydrogen (secondary N) is 3. The fraction of sp³-hybridized carbons (Fsp3) is 0.333. The summed E-state index contributed by atoms with van der Waals surface area (Å²) in [4.78, 5) is 16.5. The number of fused-ring (bicyclic) bond motifs is 1. The molecule has 30 heavy (non-hydrogen) atoms. The van der Waals surface area contributed by atoms with Gasteiger partial charge in [-0.3, -0.25) is 9.79 Å². The lowest BCUT2D eigenvalue weighted by atomic mass is 9.90. The summed E-state index contributed by atoms with van der Waals surface area (Å²) in [6, 6.07) is 16.3. The number of benzene rings is 2. The van der Waals surface area contributed by atoms with Crippen molar-refractivity contribution in [3.8, 4) is 0 Å². The van der Waals surface area contributed by atoms with E-state index in [0.29, 0.717) is 36.8 Å². The highest BCUT2D eigenvalue weighted by Gasteiger charge is 2.24. The largest absolute Gasteiger partial charge is 0.356 e. The Morgan fingerprint density at radius 3 is 2.53 bits per heavy atom. The highest BCUT2D eigenvalue weighted by molar-refractivity contribution is 14.0. The molecule has 3 N–H and O–H groups in total. The summed E-state index contributed by atoms with van der Waals surface area (Å²) in [5.41, 5.74) is 1.95. The van der Waals surface area contributed by atoms with Gasteiger partial charge in [0.25, 0.3) is 0 Å². The van der Waals surface area contributed by atoms with Crippen LogP contribution in [-0.4, -0.2) is 46.2 Å². The van der Waals surface area contributed by atoms with Gasteiger partial charge in [0.15, 0.2) is 15.8 Å². The quantitative estimate of drug-likeness (QED) is 0.216. The van der Waals surface area contributed by atoms with E-state index in [1.807, 2.05) is 24.3 Å². The average molecular weight is 542 g/mol. The van der Waals surface area contributed by atoms with E-state index in [1.54, 1.807) is 37.4 Å². The van der Waals surface area contributed by atoms with Crippen LogP contribution in [0.2, 0.25) is 0 Å². The SMILES string of the molecule is CN=C(NCCCS(=O)(=O)c1ccccc1)NCC1CC(=O)Nc2ccccc21.I. The molecule has 1 amide bonds. The third-order valence-electron chi connectivity index (χ3n) is 4.83. The predicted octanol–water partition coefficient (Wildman–Crippen LogP) is 2.76. The van der Waals surface area contributed by atoms with Crippen LogP contribution in [0.4, 0.5) is 5.69 Å². The lowest BCUT2D eigenvalue weighted by Gasteiger charge is -2.26. The molecule has 0 aromatic heterocycles. The number of guanidine groups is 1. The molecule has 1 unspecified atom stereocenters. The number of carbonyl (C=O) groups excluding carboxylic acids is 1. The van der Waals surface area contributed by atoms with Crippen molar-refractivity contribution in [1.82, 2.24) is 10.6 Å². The number of anilines is 1. The van der Waals surface area contributed by atoms with Crippen LogP contribution in [-0.2, 0) is 14.6 Å². The first kappa shape index (κ1) is 24.1. The zero-order chi connectivity index (χ0) is 20.7. The molecule has 1 aliphatic rings. The molecule has 9 heteroatoms. The molecule has 0 bridgehead atoms. The smallest absolute Gasteiger partial charge is 0.225 e. The molecule has 2 aromatic rings. The van der Waals surface area contributed by atoms with Crippen molar-refractivity contribution < 1.29 is 13.2 Å². The van der Waals surface area contributed by atoms with E-state index in [9.17, 15) is 13.2 Å². The lowest BCUT2D eigenvalue weighted by molar-refractivity contribution is -0.116. The van der Waals surface area contributed by atoms with Gasteiger partial charge in [0.2, 0.25) is 5.91 Å². The summed E-state index contributed by atoms with van der Waals surface area (Å²) in [5.74, 6) is 0.712. The highest BCUT2D eigenvalue weighted by atomic mass is 127. The second-order valence-corrected chi connectivity index (χ2v) is 9.01. The molecule has 1 atom stereocenters. The van der Waals surface area contributed by atoms with Crippen molar-refractivity contribution in [3.63, 3.8) is 0 Å². The Morgan fingerprint density at radius 2 is 1.80 bits per heavy atom. The summed E-state index contributed by atoms with van der Waals surface area (Å²) in [6.45, 7) is 1.04. The number of hydrogen-bond acceptors (Lipinski definition) is 4. The molecule has 7 nitrogen and oxygen atoms in total. The number of hydrogen-bond donors (Lipinski definition) is 3. The maximum Gasteiger partial charge on any atom is 0.225 e. The number of amides is 1. The Morgan fingerprint density at radius 1 is 1.10 bits per heavy atom. The lowest BCUT2D eigenvalue weighted by Crippen LogP contribution is -2.41. The molecule has 1 aliphatic heterocycles. The van der Waals surface area contributed by atoms with Gasteiger partial charge in [-0.25, -0.2) is 8.42 Å². The molecule has 162 valence electrons. The van der Waals surface area contributed by atoms with Crippen LogP contribution in [0.15, 0.2) is 64.5 Å². The van der Waals surface area contributed by atoms with Crippen LogP contribution >= 0.6 is 24.0 Å². The molecule has 1 heterocycles. The van der Waals surface area contributed by atoms with E-state index in [1.165, 1.54) is 0 Å². The minimum Gasteiger partial charge on any atom is -0.356 e. The predicted molar refractivity (Wildman–Crippen MR) is 130 cm³/mol. The van der Waals surface area contributed by atoms with Crippen molar-refractivity contribution in [2.45, 2.75) is 23.7 Å². The number of carbonyl (C=O) groups is 1. The van der Waals surface area contributed by atoms with Gasteiger partial charge in [-0.15, -0.1) is 24.0 Å². The van der Waals surface area contributed by atoms with Crippen LogP contribution in [0.25, 0.3) is 0 Å². The van der Waals surface area contributed by atoms with Crippen molar-refractivity contribution >= 4 is 51.4 Å². The highest BCUT2D eigenvalue weighted by Crippen LogP contribution is 2.31. The van der Waals surface area contributed by atoms with Gasteiger partial charge in [-0.2, -0.15) is 0 Å². The minimum absolute atomic E-state index is 0. The van der Waals surface area contributed by atoms with Gasteiger partial charge in [-0.1, -0.05) is 36.4 Å². The zero-order valence-electron chi connectivity index (χ0n) is 16.8. The van der Waals surface area contributed by atoms with Gasteiger partial charge in [0, 0.05) is 38.2 Å². The van der Waals surface area contributed by atoms with Crippen molar-refractivity contribution in [3.05, 3.63) is 60.2 Å². The van der Waals surface area contributed by atoms with Crippen LogP contribution < -0.4 is 16.0 Å². The molecule has 0 fully saturated rings. The second kappa shape index (κ2) is 11.3. The van der Waals surface area contributed by atoms with E-state index < -0.39 is 9.84 Å². The number of para-hydroxylation sites is 1. The first-order valence-electron chi connectivity index (χ1n) is 9.60. The van der Waals surface area contributed by atoms with Crippen molar-refractivity contribution in [2.75, 3.05) is 31.2 Å². The fourth-order valence-corrected chi connectivity index (χ4v) is 4.67. The van der Waals surface area contributed by atoms with Crippen LogP contribution in [0.1, 0.15) is 24.3 Å². The molecule has 0 spiro atoms. The fourth-order valence-electron chi connectivity index (χ4n) is 3.34. The minimum atomic E-state index is -3.28. The molecular weight excluding hydrogens is 515 g/mol. The first-order valence-corrected chi connectivity index (χ1v) is 11.3. The van der Waals surface area contributed by atoms with Crippen LogP contribution in [0.3, 0.4) is 0 Å². The molecule has 3 rings (SSSR count). The average Bonchev–Trinajstić information content (AvgIpc) is 2.73. The van der Waals surface area contributed by atoms with Crippen molar-refractivity contribution in [2.24, 2.45) is 4.99 Å². The standard InChI is InChI=1S/C21H26N4O3S.HI/c1-22-21(23-12-7-13-29(27,28)17-8-3-2-4-9-17)24-15-16-14-20(26)25-19-11-6-5-10-18(16)19;/h2-6,8-11,16H,7,12-15H2,1H3,(H,25,26)(H2,22,23,24);1H. The number of nitrogens with zero attached hydrogens (tertiary/aromatic N) is 1. The van der Waals surface area contributed by atoms with Gasteiger partial charge in [-0.05, 0) is 30.2 Å². The Bertz CT molecular complexity index is 981. The summed E-state index contributed by atoms with van der Waals surface area (Å²) in [5, 5.41) is 9.27. The Balaban J connectivity index is 0.00000320. The number of rotatable bonds is 7. The third kappa shape index (κ3) is 6.43. The van der Waals surface area contributed by atoms with Crippen LogP contribution in [0.5, 0.6) is 0 Å². The number of aliphatic imine (C=N–C) groups is 1. The van der Waals surface area contributed by atoms with E-state index in [0.717, 1.165) is 11.3 Å². The van der Waals surface area contributed by atoms with E-state index in [2.05, 4.69) is 20.9 Å². The third-order valence-corrected chi connectivity index (χ3v) is 6.65. The van der Waals surface area contributed by atoms with Gasteiger partial charge >= 0.3 is 0 Å². The maximum atomic E-state index is 12.3. The molecule has 0 radical (unpaired) electrons. The Hall–Kier alpha value is -2.14. The Labute approximate surface area is 194 Å². The van der Waals surface area contributed by atoms with Gasteiger partial charge in [0.1, 0.15) is 0 Å². The van der Waals surface area contributed by atoms with Gasteiger partial charge in [0.05, 0.1) is 10.6 Å². The van der Waals surface area contributed by atoms with E-state index >= 15 is 0 Å². The van der Waals surface area contributed by atoms with E-state index in [4.69, 9.17) is 0 Å². The summed E-state index contributed by atoms with van der Waals surface area (Å²) in [6.07, 6.45) is 0.878. The monoisotopic (exact) mass is 542 g/mol. The number of sulfone groups is 1. The van der Waals surface area contributed by atoms with Crippen molar-refractivity contribution in [1.29, 1.82) is 0 Å². The first-order chi connectivity index (χ1) is 14.0. The zero-order valence-corrected chi connectivity index (χ0v) is 19.9. The summed E-state index contributed by atoms with van der Waals surface area (Å²) in [7, 11) is -1.61. The number of halogens is 1. The summed E-state index contributed by atoms with van der Waals surface area (Å²) < 4.78 is 24.6. The summed E-state index contributed by atoms with van der Waals surface area (Å²) >= 11 is 0. The molecular formula is C21H27IN4O3S. The topological polar surface area (TPSA) is 99.7 Å². The maximum absolute atomic E-state index is 12.3. The normalized spacial score (nSPS) is 16.1.